The fraction of sp³-hybridized carbons (Fsp3) is 0.450. The van der Waals surface area contributed by atoms with E-state index < -0.39 is 0 Å². The number of likely N-dealkylation sites (tertiary alicyclic amines) is 1. The summed E-state index contributed by atoms with van der Waals surface area (Å²) in [6.07, 6.45) is 7.20. The van der Waals surface area contributed by atoms with E-state index in [9.17, 15) is 4.79 Å². The molecule has 0 radical (unpaired) electrons. The topological polar surface area (TPSA) is 67.3 Å². The van der Waals surface area contributed by atoms with Gasteiger partial charge in [-0.3, -0.25) is 14.7 Å². The number of piperidine rings is 1. The molecule has 0 aromatic carbocycles. The SMILES string of the molecule is CCOc1ncccc1CN1CCCC(C(=O)NCc2ccncc2)C1. The molecule has 1 fully saturated rings. The third-order valence-electron chi connectivity index (χ3n) is 4.62. The van der Waals surface area contributed by atoms with E-state index in [-0.39, 0.29) is 11.8 Å². The maximum Gasteiger partial charge on any atom is 0.224 e. The Morgan fingerprint density at radius 2 is 2.15 bits per heavy atom. The second kappa shape index (κ2) is 9.29. The Labute approximate surface area is 154 Å². The first-order valence-corrected chi connectivity index (χ1v) is 9.22. The zero-order valence-electron chi connectivity index (χ0n) is 15.2. The quantitative estimate of drug-likeness (QED) is 0.827. The third kappa shape index (κ3) is 5.02. The van der Waals surface area contributed by atoms with Crippen LogP contribution < -0.4 is 10.1 Å². The molecule has 0 saturated carbocycles. The van der Waals surface area contributed by atoms with Crippen LogP contribution in [0.5, 0.6) is 5.88 Å². The number of rotatable bonds is 7. The predicted octanol–water partition coefficient (Wildman–Crippen LogP) is 2.40. The van der Waals surface area contributed by atoms with E-state index in [4.69, 9.17) is 4.74 Å². The molecule has 1 amide bonds. The van der Waals surface area contributed by atoms with Gasteiger partial charge in [-0.25, -0.2) is 4.98 Å². The van der Waals surface area contributed by atoms with Gasteiger partial charge in [0, 0.05) is 43.8 Å². The minimum absolute atomic E-state index is 0.0257. The van der Waals surface area contributed by atoms with Crippen molar-refractivity contribution < 1.29 is 9.53 Å². The van der Waals surface area contributed by atoms with Crippen LogP contribution in [0.2, 0.25) is 0 Å². The summed E-state index contributed by atoms with van der Waals surface area (Å²) in [4.78, 5) is 23.2. The summed E-state index contributed by atoms with van der Waals surface area (Å²) in [5.74, 6) is 0.847. The van der Waals surface area contributed by atoms with Crippen molar-refractivity contribution in [2.75, 3.05) is 19.7 Å². The number of amides is 1. The summed E-state index contributed by atoms with van der Waals surface area (Å²) in [5, 5.41) is 3.05. The molecule has 138 valence electrons. The van der Waals surface area contributed by atoms with Gasteiger partial charge in [0.05, 0.1) is 12.5 Å². The van der Waals surface area contributed by atoms with E-state index in [1.54, 1.807) is 18.6 Å². The van der Waals surface area contributed by atoms with E-state index in [2.05, 4.69) is 20.2 Å². The monoisotopic (exact) mass is 354 g/mol. The van der Waals surface area contributed by atoms with Crippen molar-refractivity contribution >= 4 is 5.91 Å². The lowest BCUT2D eigenvalue weighted by atomic mass is 9.96. The van der Waals surface area contributed by atoms with Gasteiger partial charge in [-0.1, -0.05) is 6.07 Å². The molecule has 26 heavy (non-hydrogen) atoms. The van der Waals surface area contributed by atoms with E-state index in [1.165, 1.54) is 0 Å². The van der Waals surface area contributed by atoms with Gasteiger partial charge in [-0.15, -0.1) is 0 Å². The van der Waals surface area contributed by atoms with Crippen molar-refractivity contribution in [1.29, 1.82) is 0 Å². The van der Waals surface area contributed by atoms with Crippen molar-refractivity contribution in [2.24, 2.45) is 5.92 Å². The Kier molecular flexibility index (Phi) is 6.55. The lowest BCUT2D eigenvalue weighted by molar-refractivity contribution is -0.126. The number of pyridine rings is 2. The Hall–Kier alpha value is -2.47. The molecule has 0 spiro atoms. The Morgan fingerprint density at radius 3 is 2.96 bits per heavy atom. The molecule has 3 heterocycles. The summed E-state index contributed by atoms with van der Waals surface area (Å²) in [7, 11) is 0. The van der Waals surface area contributed by atoms with Gasteiger partial charge in [-0.2, -0.15) is 0 Å². The van der Waals surface area contributed by atoms with E-state index in [0.717, 1.165) is 43.6 Å². The first-order valence-electron chi connectivity index (χ1n) is 9.22. The van der Waals surface area contributed by atoms with Gasteiger partial charge in [0.15, 0.2) is 0 Å². The summed E-state index contributed by atoms with van der Waals surface area (Å²) >= 11 is 0. The predicted molar refractivity (Wildman–Crippen MR) is 99.5 cm³/mol. The first-order chi connectivity index (χ1) is 12.8. The highest BCUT2D eigenvalue weighted by molar-refractivity contribution is 5.78. The zero-order chi connectivity index (χ0) is 18.2. The molecule has 1 aliphatic heterocycles. The van der Waals surface area contributed by atoms with Crippen LogP contribution in [-0.4, -0.2) is 40.5 Å². The number of hydrogen-bond acceptors (Lipinski definition) is 5. The second-order valence-corrected chi connectivity index (χ2v) is 6.55. The second-order valence-electron chi connectivity index (χ2n) is 6.55. The highest BCUT2D eigenvalue weighted by Crippen LogP contribution is 2.22. The fourth-order valence-corrected chi connectivity index (χ4v) is 3.30. The van der Waals surface area contributed by atoms with Gasteiger partial charge >= 0.3 is 0 Å². The van der Waals surface area contributed by atoms with Crippen LogP contribution >= 0.6 is 0 Å². The maximum absolute atomic E-state index is 12.5. The van der Waals surface area contributed by atoms with Crippen molar-refractivity contribution in [3.8, 4) is 5.88 Å². The number of carbonyl (C=O) groups is 1. The van der Waals surface area contributed by atoms with E-state index in [0.29, 0.717) is 19.0 Å². The number of nitrogens with zero attached hydrogens (tertiary/aromatic N) is 3. The Morgan fingerprint density at radius 1 is 1.31 bits per heavy atom. The molecular weight excluding hydrogens is 328 g/mol. The van der Waals surface area contributed by atoms with Crippen molar-refractivity contribution in [3.63, 3.8) is 0 Å². The maximum atomic E-state index is 12.5. The molecule has 1 unspecified atom stereocenters. The molecule has 2 aromatic rings. The molecule has 1 saturated heterocycles. The van der Waals surface area contributed by atoms with Crippen molar-refractivity contribution in [1.82, 2.24) is 20.2 Å². The van der Waals surface area contributed by atoms with Gasteiger partial charge in [-0.05, 0) is 50.1 Å². The molecule has 0 bridgehead atoms. The minimum atomic E-state index is 0.0257. The summed E-state index contributed by atoms with van der Waals surface area (Å²) in [6, 6.07) is 7.82. The van der Waals surface area contributed by atoms with Gasteiger partial charge in [0.25, 0.3) is 0 Å². The molecule has 2 aromatic heterocycles. The van der Waals surface area contributed by atoms with Crippen LogP contribution in [0.3, 0.4) is 0 Å². The number of hydrogen-bond donors (Lipinski definition) is 1. The molecule has 1 aliphatic rings. The van der Waals surface area contributed by atoms with Crippen LogP contribution in [0, 0.1) is 5.92 Å². The number of carbonyl (C=O) groups excluding carboxylic acids is 1. The van der Waals surface area contributed by atoms with Crippen LogP contribution in [0.15, 0.2) is 42.9 Å². The zero-order valence-corrected chi connectivity index (χ0v) is 15.2. The van der Waals surface area contributed by atoms with Gasteiger partial charge in [0.2, 0.25) is 11.8 Å². The fourth-order valence-electron chi connectivity index (χ4n) is 3.30. The van der Waals surface area contributed by atoms with Gasteiger partial charge < -0.3 is 10.1 Å². The molecule has 1 atom stereocenters. The minimum Gasteiger partial charge on any atom is -0.478 e. The highest BCUT2D eigenvalue weighted by Gasteiger charge is 2.26. The first kappa shape index (κ1) is 18.3. The molecule has 6 heteroatoms. The number of aromatic nitrogens is 2. The molecule has 6 nitrogen and oxygen atoms in total. The molecule has 1 N–H and O–H groups in total. The highest BCUT2D eigenvalue weighted by atomic mass is 16.5. The Balaban J connectivity index is 1.54. The molecule has 0 aliphatic carbocycles. The van der Waals surface area contributed by atoms with E-state index in [1.807, 2.05) is 31.2 Å². The van der Waals surface area contributed by atoms with Crippen LogP contribution in [0.4, 0.5) is 0 Å². The lowest BCUT2D eigenvalue weighted by Gasteiger charge is -2.32. The lowest BCUT2D eigenvalue weighted by Crippen LogP contribution is -2.42. The molecule has 3 rings (SSSR count). The standard InChI is InChI=1S/C20H26N4O2/c1-2-26-20-18(5-3-9-22-20)15-24-12-4-6-17(14-24)19(25)23-13-16-7-10-21-11-8-16/h3,5,7-11,17H,2,4,6,12-15H2,1H3,(H,23,25). The van der Waals surface area contributed by atoms with Crippen molar-refractivity contribution in [2.45, 2.75) is 32.9 Å². The number of nitrogens with one attached hydrogen (secondary N) is 1. The average Bonchev–Trinajstić information content (AvgIpc) is 2.69. The summed E-state index contributed by atoms with van der Waals surface area (Å²) in [6.45, 7) is 5.63. The smallest absolute Gasteiger partial charge is 0.224 e. The normalized spacial score (nSPS) is 17.7. The summed E-state index contributed by atoms with van der Waals surface area (Å²) < 4.78 is 5.62. The van der Waals surface area contributed by atoms with Gasteiger partial charge in [0.1, 0.15) is 0 Å². The van der Waals surface area contributed by atoms with Crippen LogP contribution in [0.25, 0.3) is 0 Å². The van der Waals surface area contributed by atoms with E-state index >= 15 is 0 Å². The van der Waals surface area contributed by atoms with Crippen molar-refractivity contribution in [3.05, 3.63) is 54.0 Å². The Bertz CT molecular complexity index is 708. The number of ether oxygens (including phenoxy) is 1. The average molecular weight is 354 g/mol. The molecular formula is C20H26N4O2. The summed E-state index contributed by atoms with van der Waals surface area (Å²) in [5.41, 5.74) is 2.14. The third-order valence-corrected chi connectivity index (χ3v) is 4.62. The largest absolute Gasteiger partial charge is 0.478 e. The van der Waals surface area contributed by atoms with Crippen LogP contribution in [-0.2, 0) is 17.9 Å². The van der Waals surface area contributed by atoms with Crippen LogP contribution in [0.1, 0.15) is 30.9 Å².